The Balaban J connectivity index is 2.36. The molecule has 0 bridgehead atoms. The van der Waals surface area contributed by atoms with Crippen LogP contribution in [0.3, 0.4) is 0 Å². The van der Waals surface area contributed by atoms with E-state index in [1.165, 1.54) is 0 Å². The van der Waals surface area contributed by atoms with Gasteiger partial charge in [-0.15, -0.1) is 0 Å². The topological polar surface area (TPSA) is 32.9 Å². The maximum atomic E-state index is 12.8. The highest BCUT2D eigenvalue weighted by Crippen LogP contribution is 2.28. The molecule has 0 amide bonds. The number of aromatic nitrogens is 1. The molecule has 1 aromatic heterocycles. The first-order chi connectivity index (χ1) is 9.75. The molecular formula is C17H10BrNO. The van der Waals surface area contributed by atoms with Crippen molar-refractivity contribution in [2.75, 3.05) is 0 Å². The van der Waals surface area contributed by atoms with Gasteiger partial charge in [0, 0.05) is 15.4 Å². The zero-order valence-electron chi connectivity index (χ0n) is 10.5. The van der Waals surface area contributed by atoms with Crippen LogP contribution < -0.4 is 5.43 Å². The second-order valence-corrected chi connectivity index (χ2v) is 5.68. The molecule has 0 atom stereocenters. The van der Waals surface area contributed by atoms with Crippen molar-refractivity contribution in [2.24, 2.45) is 0 Å². The number of rotatable bonds is 0. The fourth-order valence-corrected chi connectivity index (χ4v) is 3.24. The molecule has 3 aromatic carbocycles. The van der Waals surface area contributed by atoms with E-state index in [1.807, 2.05) is 54.6 Å². The number of halogens is 1. The first-order valence-electron chi connectivity index (χ1n) is 6.38. The van der Waals surface area contributed by atoms with Gasteiger partial charge in [-0.2, -0.15) is 0 Å². The van der Waals surface area contributed by atoms with E-state index in [4.69, 9.17) is 0 Å². The van der Waals surface area contributed by atoms with Gasteiger partial charge in [0.1, 0.15) is 0 Å². The Morgan fingerprint density at radius 2 is 1.55 bits per heavy atom. The van der Waals surface area contributed by atoms with Crippen LogP contribution in [0.5, 0.6) is 0 Å². The van der Waals surface area contributed by atoms with E-state index in [0.29, 0.717) is 0 Å². The number of H-pyrrole nitrogens is 1. The van der Waals surface area contributed by atoms with Crippen LogP contribution in [-0.4, -0.2) is 4.98 Å². The van der Waals surface area contributed by atoms with Gasteiger partial charge in [0.05, 0.1) is 10.9 Å². The van der Waals surface area contributed by atoms with Crippen LogP contribution in [0.15, 0.2) is 63.9 Å². The Morgan fingerprint density at radius 3 is 2.45 bits per heavy atom. The van der Waals surface area contributed by atoms with Gasteiger partial charge in [-0.1, -0.05) is 46.3 Å². The van der Waals surface area contributed by atoms with E-state index >= 15 is 0 Å². The molecule has 0 spiro atoms. The van der Waals surface area contributed by atoms with E-state index in [2.05, 4.69) is 20.9 Å². The molecular weight excluding hydrogens is 314 g/mol. The molecule has 3 heteroatoms. The Bertz CT molecular complexity index is 1030. The molecule has 20 heavy (non-hydrogen) atoms. The summed E-state index contributed by atoms with van der Waals surface area (Å²) >= 11 is 3.54. The maximum absolute atomic E-state index is 12.8. The molecule has 1 N–H and O–H groups in total. The number of aromatic amines is 1. The second kappa shape index (κ2) is 4.18. The lowest BCUT2D eigenvalue weighted by Crippen LogP contribution is -2.04. The summed E-state index contributed by atoms with van der Waals surface area (Å²) in [6.07, 6.45) is 0. The van der Waals surface area contributed by atoms with Gasteiger partial charge in [0.15, 0.2) is 5.43 Å². The quantitative estimate of drug-likeness (QED) is 0.372. The summed E-state index contributed by atoms with van der Waals surface area (Å²) in [4.78, 5) is 16.1. The molecule has 4 aromatic rings. The van der Waals surface area contributed by atoms with Crippen LogP contribution in [0, 0.1) is 0 Å². The number of nitrogens with one attached hydrogen (secondary N) is 1. The first-order valence-corrected chi connectivity index (χ1v) is 7.17. The monoisotopic (exact) mass is 323 g/mol. The van der Waals surface area contributed by atoms with Gasteiger partial charge < -0.3 is 4.98 Å². The number of para-hydroxylation sites is 1. The minimum Gasteiger partial charge on any atom is -0.354 e. The highest BCUT2D eigenvalue weighted by Gasteiger charge is 2.09. The van der Waals surface area contributed by atoms with Crippen molar-refractivity contribution in [3.8, 4) is 0 Å². The van der Waals surface area contributed by atoms with Crippen molar-refractivity contribution in [3.63, 3.8) is 0 Å². The van der Waals surface area contributed by atoms with Gasteiger partial charge in [0.2, 0.25) is 0 Å². The Kier molecular flexibility index (Phi) is 2.44. The van der Waals surface area contributed by atoms with E-state index in [1.54, 1.807) is 0 Å². The standard InChI is InChI=1S/C17H10BrNO/c18-13-6-3-5-11-10(13)8-9-15-16(11)17(20)12-4-1-2-7-14(12)19-15/h1-9H,(H,19,20). The third-order valence-corrected chi connectivity index (χ3v) is 4.37. The fraction of sp³-hybridized carbons (Fsp3) is 0. The summed E-state index contributed by atoms with van der Waals surface area (Å²) in [5.74, 6) is 0. The minimum absolute atomic E-state index is 0.0815. The number of hydrogen-bond donors (Lipinski definition) is 1. The van der Waals surface area contributed by atoms with Crippen LogP contribution in [0.4, 0.5) is 0 Å². The molecule has 0 saturated heterocycles. The molecule has 0 unspecified atom stereocenters. The zero-order valence-corrected chi connectivity index (χ0v) is 12.1. The number of pyridine rings is 1. The molecule has 0 aliphatic carbocycles. The Hall–Kier alpha value is -2.13. The molecule has 2 nitrogen and oxygen atoms in total. The number of benzene rings is 3. The van der Waals surface area contributed by atoms with Gasteiger partial charge in [0.25, 0.3) is 0 Å². The summed E-state index contributed by atoms with van der Waals surface area (Å²) in [5.41, 5.74) is 1.83. The number of fused-ring (bicyclic) bond motifs is 4. The lowest BCUT2D eigenvalue weighted by Gasteiger charge is -2.07. The SMILES string of the molecule is O=c1c2ccccc2[nH]c2ccc3c(Br)cccc3c12. The molecule has 4 rings (SSSR count). The normalized spacial score (nSPS) is 11.4. The molecule has 1 heterocycles. The van der Waals surface area contributed by atoms with Crippen LogP contribution in [0.25, 0.3) is 32.6 Å². The third-order valence-electron chi connectivity index (χ3n) is 3.68. The largest absolute Gasteiger partial charge is 0.354 e. The van der Waals surface area contributed by atoms with Crippen molar-refractivity contribution in [1.82, 2.24) is 4.98 Å². The third kappa shape index (κ3) is 1.53. The smallest absolute Gasteiger partial charge is 0.197 e. The molecule has 0 fully saturated rings. The Morgan fingerprint density at radius 1 is 0.750 bits per heavy atom. The van der Waals surface area contributed by atoms with Crippen molar-refractivity contribution in [1.29, 1.82) is 0 Å². The van der Waals surface area contributed by atoms with Crippen molar-refractivity contribution in [2.45, 2.75) is 0 Å². The average Bonchev–Trinajstić information content (AvgIpc) is 2.47. The lowest BCUT2D eigenvalue weighted by molar-refractivity contribution is 1.49. The fourth-order valence-electron chi connectivity index (χ4n) is 2.74. The van der Waals surface area contributed by atoms with Crippen LogP contribution in [0.1, 0.15) is 0 Å². The van der Waals surface area contributed by atoms with Crippen molar-refractivity contribution < 1.29 is 0 Å². The summed E-state index contributed by atoms with van der Waals surface area (Å²) in [5, 5.41) is 3.51. The minimum atomic E-state index is 0.0815. The maximum Gasteiger partial charge on any atom is 0.197 e. The lowest BCUT2D eigenvalue weighted by atomic mass is 10.0. The van der Waals surface area contributed by atoms with E-state index in [9.17, 15) is 4.79 Å². The zero-order chi connectivity index (χ0) is 13.7. The van der Waals surface area contributed by atoms with Crippen LogP contribution in [0.2, 0.25) is 0 Å². The summed E-state index contributed by atoms with van der Waals surface area (Å²) in [6.45, 7) is 0. The van der Waals surface area contributed by atoms with E-state index in [-0.39, 0.29) is 5.43 Å². The summed E-state index contributed by atoms with van der Waals surface area (Å²) < 4.78 is 1.00. The molecule has 96 valence electrons. The number of hydrogen-bond acceptors (Lipinski definition) is 1. The average molecular weight is 324 g/mol. The van der Waals surface area contributed by atoms with Crippen molar-refractivity contribution in [3.05, 3.63) is 69.3 Å². The molecule has 0 saturated carbocycles. The highest BCUT2D eigenvalue weighted by atomic mass is 79.9. The predicted molar refractivity (Wildman–Crippen MR) is 87.3 cm³/mol. The van der Waals surface area contributed by atoms with E-state index in [0.717, 1.165) is 37.1 Å². The summed E-state index contributed by atoms with van der Waals surface area (Å²) in [7, 11) is 0. The summed E-state index contributed by atoms with van der Waals surface area (Å²) in [6, 6.07) is 17.6. The second-order valence-electron chi connectivity index (χ2n) is 4.82. The van der Waals surface area contributed by atoms with Gasteiger partial charge in [-0.05, 0) is 35.0 Å². The first kappa shape index (κ1) is 11.7. The van der Waals surface area contributed by atoms with E-state index < -0.39 is 0 Å². The van der Waals surface area contributed by atoms with Gasteiger partial charge in [-0.3, -0.25) is 4.79 Å². The molecule has 0 aliphatic rings. The molecule has 0 radical (unpaired) electrons. The van der Waals surface area contributed by atoms with Crippen LogP contribution in [-0.2, 0) is 0 Å². The predicted octanol–water partition coefficient (Wildman–Crippen LogP) is 4.60. The molecule has 0 aliphatic heterocycles. The highest BCUT2D eigenvalue weighted by molar-refractivity contribution is 9.10. The van der Waals surface area contributed by atoms with Gasteiger partial charge in [-0.25, -0.2) is 0 Å². The van der Waals surface area contributed by atoms with Crippen LogP contribution >= 0.6 is 15.9 Å². The van der Waals surface area contributed by atoms with Crippen molar-refractivity contribution >= 4 is 48.5 Å². The van der Waals surface area contributed by atoms with Gasteiger partial charge >= 0.3 is 0 Å². The Labute approximate surface area is 123 Å².